The van der Waals surface area contributed by atoms with Gasteiger partial charge in [-0.3, -0.25) is 14.6 Å². The number of methoxy groups -OCH3 is 2. The van der Waals surface area contributed by atoms with Crippen LogP contribution in [0, 0.1) is 6.92 Å². The zero-order chi connectivity index (χ0) is 27.4. The summed E-state index contributed by atoms with van der Waals surface area (Å²) >= 11 is 13.0. The number of rotatable bonds is 7. The number of pyridine rings is 1. The molecule has 39 heavy (non-hydrogen) atoms. The standard InChI is InChI=1S/C29H24Cl2N2O5.H2O/c1-16-11-20-27(19-7-5-6-8-21(19)30)23(15-32-28(20)22(31)12-16)33-26(35)10-9-18-13-24(36-3)29(38-17(2)34)25(14-18)37-4;/h5-15H,1-4H3,(H,33,35);1H2/b10-9+;. The van der Waals surface area contributed by atoms with Crippen LogP contribution in [-0.2, 0) is 9.59 Å². The van der Waals surface area contributed by atoms with Gasteiger partial charge in [0.2, 0.25) is 11.7 Å². The van der Waals surface area contributed by atoms with Gasteiger partial charge in [-0.25, -0.2) is 0 Å². The number of amides is 1. The van der Waals surface area contributed by atoms with Crippen LogP contribution in [0.15, 0.2) is 60.8 Å². The molecule has 0 spiro atoms. The van der Waals surface area contributed by atoms with Crippen molar-refractivity contribution in [3.05, 3.63) is 82.0 Å². The molecule has 202 valence electrons. The van der Waals surface area contributed by atoms with Crippen LogP contribution in [0.25, 0.3) is 28.1 Å². The lowest BCUT2D eigenvalue weighted by Crippen LogP contribution is -2.10. The van der Waals surface area contributed by atoms with Crippen molar-refractivity contribution in [1.29, 1.82) is 0 Å². The lowest BCUT2D eigenvalue weighted by molar-refractivity contribution is -0.132. The number of hydrogen-bond donors (Lipinski definition) is 1. The zero-order valence-electron chi connectivity index (χ0n) is 21.6. The Morgan fingerprint density at radius 2 is 1.64 bits per heavy atom. The van der Waals surface area contributed by atoms with Gasteiger partial charge < -0.3 is 25.0 Å². The van der Waals surface area contributed by atoms with Gasteiger partial charge >= 0.3 is 5.97 Å². The Labute approximate surface area is 235 Å². The number of anilines is 1. The van der Waals surface area contributed by atoms with E-state index in [9.17, 15) is 9.59 Å². The van der Waals surface area contributed by atoms with Gasteiger partial charge in [0.05, 0.1) is 36.6 Å². The van der Waals surface area contributed by atoms with E-state index in [4.69, 9.17) is 37.4 Å². The summed E-state index contributed by atoms with van der Waals surface area (Å²) < 4.78 is 15.9. The molecule has 10 heteroatoms. The van der Waals surface area contributed by atoms with Gasteiger partial charge in [-0.1, -0.05) is 41.4 Å². The average Bonchev–Trinajstić information content (AvgIpc) is 2.88. The van der Waals surface area contributed by atoms with Gasteiger partial charge in [0.1, 0.15) is 0 Å². The Hall–Kier alpha value is -4.11. The second kappa shape index (κ2) is 12.6. The number of aromatic nitrogens is 1. The van der Waals surface area contributed by atoms with Crippen LogP contribution >= 0.6 is 23.2 Å². The summed E-state index contributed by atoms with van der Waals surface area (Å²) in [6, 6.07) is 14.4. The van der Waals surface area contributed by atoms with Crippen molar-refractivity contribution in [2.75, 3.05) is 19.5 Å². The summed E-state index contributed by atoms with van der Waals surface area (Å²) in [6.07, 6.45) is 4.51. The number of fused-ring (bicyclic) bond motifs is 1. The summed E-state index contributed by atoms with van der Waals surface area (Å²) in [4.78, 5) is 29.0. The predicted molar refractivity (Wildman–Crippen MR) is 154 cm³/mol. The van der Waals surface area contributed by atoms with E-state index in [0.717, 1.165) is 16.5 Å². The highest BCUT2D eigenvalue weighted by Gasteiger charge is 2.18. The van der Waals surface area contributed by atoms with E-state index in [-0.39, 0.29) is 22.7 Å². The molecule has 8 nitrogen and oxygen atoms in total. The van der Waals surface area contributed by atoms with Crippen molar-refractivity contribution in [3.63, 3.8) is 0 Å². The summed E-state index contributed by atoms with van der Waals surface area (Å²) in [5.74, 6) is -0.192. The molecule has 0 saturated heterocycles. The first-order valence-corrected chi connectivity index (χ1v) is 12.2. The highest BCUT2D eigenvalue weighted by atomic mass is 35.5. The number of halogens is 2. The van der Waals surface area contributed by atoms with E-state index in [1.807, 2.05) is 37.3 Å². The molecule has 0 saturated carbocycles. The summed E-state index contributed by atoms with van der Waals surface area (Å²) in [5, 5.41) is 4.70. The van der Waals surface area contributed by atoms with E-state index in [1.54, 1.807) is 30.5 Å². The molecule has 0 aliphatic carbocycles. The zero-order valence-corrected chi connectivity index (χ0v) is 23.1. The van der Waals surface area contributed by atoms with Crippen molar-refractivity contribution in [3.8, 4) is 28.4 Å². The van der Waals surface area contributed by atoms with Crippen LogP contribution in [0.1, 0.15) is 18.1 Å². The molecule has 0 atom stereocenters. The molecule has 0 aliphatic rings. The molecule has 1 heterocycles. The first-order valence-electron chi connectivity index (χ1n) is 11.5. The summed E-state index contributed by atoms with van der Waals surface area (Å²) in [6.45, 7) is 3.22. The number of nitrogens with one attached hydrogen (secondary N) is 1. The number of nitrogens with zero attached hydrogens (tertiary/aromatic N) is 1. The van der Waals surface area contributed by atoms with Crippen molar-refractivity contribution in [2.45, 2.75) is 13.8 Å². The van der Waals surface area contributed by atoms with Crippen LogP contribution in [0.3, 0.4) is 0 Å². The summed E-state index contributed by atoms with van der Waals surface area (Å²) in [7, 11) is 2.89. The van der Waals surface area contributed by atoms with Gasteiger partial charge in [0.15, 0.2) is 11.5 Å². The van der Waals surface area contributed by atoms with Crippen LogP contribution in [0.4, 0.5) is 5.69 Å². The van der Waals surface area contributed by atoms with Crippen LogP contribution in [-0.4, -0.2) is 36.6 Å². The molecule has 4 aromatic rings. The van der Waals surface area contributed by atoms with Crippen molar-refractivity contribution < 1.29 is 29.3 Å². The third-order valence-corrected chi connectivity index (χ3v) is 6.24. The van der Waals surface area contributed by atoms with Crippen LogP contribution in [0.2, 0.25) is 10.0 Å². The molecule has 0 aliphatic heterocycles. The largest absolute Gasteiger partial charge is 0.493 e. The van der Waals surface area contributed by atoms with Crippen molar-refractivity contribution >= 4 is 57.7 Å². The molecule has 0 radical (unpaired) electrons. The Kier molecular flexibility index (Phi) is 9.53. The second-order valence-electron chi connectivity index (χ2n) is 8.34. The first kappa shape index (κ1) is 29.4. The minimum atomic E-state index is -0.515. The number of esters is 1. The van der Waals surface area contributed by atoms with Crippen molar-refractivity contribution in [2.24, 2.45) is 0 Å². The van der Waals surface area contributed by atoms with Gasteiger partial charge in [-0.05, 0) is 54.5 Å². The van der Waals surface area contributed by atoms with E-state index in [2.05, 4.69) is 10.3 Å². The number of benzene rings is 3. The number of ether oxygens (including phenoxy) is 3. The number of carbonyl (C=O) groups excluding carboxylic acids is 2. The highest BCUT2D eigenvalue weighted by molar-refractivity contribution is 6.36. The fraction of sp³-hybridized carbons (Fsp3) is 0.138. The minimum absolute atomic E-state index is 0. The summed E-state index contributed by atoms with van der Waals surface area (Å²) in [5.41, 5.74) is 4.06. The third kappa shape index (κ3) is 6.49. The Bertz CT molecular complexity index is 1560. The molecule has 0 bridgehead atoms. The smallest absolute Gasteiger partial charge is 0.308 e. The fourth-order valence-electron chi connectivity index (χ4n) is 4.03. The Morgan fingerprint density at radius 3 is 2.26 bits per heavy atom. The van der Waals surface area contributed by atoms with Gasteiger partial charge in [0, 0.05) is 34.5 Å². The van der Waals surface area contributed by atoms with Crippen LogP contribution < -0.4 is 19.5 Å². The van der Waals surface area contributed by atoms with Gasteiger partial charge in [-0.2, -0.15) is 0 Å². The maximum atomic E-state index is 13.0. The van der Waals surface area contributed by atoms with Gasteiger partial charge in [0.25, 0.3) is 0 Å². The second-order valence-corrected chi connectivity index (χ2v) is 9.15. The fourth-order valence-corrected chi connectivity index (χ4v) is 4.58. The van der Waals surface area contributed by atoms with E-state index >= 15 is 0 Å². The molecule has 1 amide bonds. The third-order valence-electron chi connectivity index (χ3n) is 5.63. The molecule has 4 rings (SSSR count). The van der Waals surface area contributed by atoms with Crippen LogP contribution in [0.5, 0.6) is 17.2 Å². The lowest BCUT2D eigenvalue weighted by Gasteiger charge is -2.16. The van der Waals surface area contributed by atoms with Gasteiger partial charge in [-0.15, -0.1) is 0 Å². The predicted octanol–water partition coefficient (Wildman–Crippen LogP) is 6.29. The molecule has 1 aromatic heterocycles. The van der Waals surface area contributed by atoms with E-state index < -0.39 is 11.9 Å². The average molecular weight is 569 g/mol. The maximum Gasteiger partial charge on any atom is 0.308 e. The molecule has 0 unspecified atom stereocenters. The number of hydrogen-bond acceptors (Lipinski definition) is 6. The van der Waals surface area contributed by atoms with Crippen molar-refractivity contribution in [1.82, 2.24) is 4.98 Å². The molecule has 3 N–H and O–H groups in total. The minimum Gasteiger partial charge on any atom is -0.493 e. The normalized spacial score (nSPS) is 10.7. The first-order chi connectivity index (χ1) is 18.2. The molecular formula is C29H26Cl2N2O6. The lowest BCUT2D eigenvalue weighted by atomic mass is 9.98. The topological polar surface area (TPSA) is 118 Å². The molecule has 0 fully saturated rings. The van der Waals surface area contributed by atoms with E-state index in [0.29, 0.717) is 32.4 Å². The van der Waals surface area contributed by atoms with E-state index in [1.165, 1.54) is 27.2 Å². The number of aryl methyl sites for hydroxylation is 1. The Morgan fingerprint density at radius 1 is 0.974 bits per heavy atom. The Balaban J connectivity index is 0.00000420. The quantitative estimate of drug-likeness (QED) is 0.159. The number of carbonyl (C=O) groups is 2. The molecule has 3 aromatic carbocycles. The monoisotopic (exact) mass is 568 g/mol. The highest BCUT2D eigenvalue weighted by Crippen LogP contribution is 2.41. The SMILES string of the molecule is COc1cc(/C=C/C(=O)Nc2cnc3c(Cl)cc(C)cc3c2-c2ccccc2Cl)cc(OC)c1OC(C)=O.O. The maximum absolute atomic E-state index is 13.0. The molecular weight excluding hydrogens is 543 g/mol.